The number of carbonyl (C=O) groups excluding carboxylic acids is 2. The molecule has 2 N–H and O–H groups in total. The van der Waals surface area contributed by atoms with Crippen LogP contribution in [0, 0.1) is 0 Å². The van der Waals surface area contributed by atoms with Crippen LogP contribution in [0.25, 0.3) is 10.9 Å². The number of ether oxygens (including phenoxy) is 2. The van der Waals surface area contributed by atoms with Crippen LogP contribution < -0.4 is 10.6 Å². The molecule has 3 aromatic rings. The number of carbonyl (C=O) groups is 2. The third kappa shape index (κ3) is 6.66. The monoisotopic (exact) mass is 436 g/mol. The van der Waals surface area contributed by atoms with Crippen LogP contribution in [0.3, 0.4) is 0 Å². The summed E-state index contributed by atoms with van der Waals surface area (Å²) in [6.45, 7) is 7.50. The fourth-order valence-electron chi connectivity index (χ4n) is 3.04. The highest BCUT2D eigenvalue weighted by Gasteiger charge is 2.21. The number of benzene rings is 2. The number of nitrogens with zero attached hydrogens (tertiary/aromatic N) is 2. The molecule has 0 saturated heterocycles. The summed E-state index contributed by atoms with van der Waals surface area (Å²) in [5.74, 6) is 0.410. The molecule has 1 heterocycles. The third-order valence-corrected chi connectivity index (χ3v) is 4.43. The second kappa shape index (κ2) is 10.1. The molecule has 0 radical (unpaired) electrons. The molecule has 1 unspecified atom stereocenters. The Hall–Kier alpha value is -3.68. The molecule has 0 saturated carbocycles. The van der Waals surface area contributed by atoms with E-state index in [9.17, 15) is 9.59 Å². The number of hydrogen-bond donors (Lipinski definition) is 2. The average molecular weight is 437 g/mol. The van der Waals surface area contributed by atoms with Gasteiger partial charge in [0.25, 0.3) is 0 Å². The Morgan fingerprint density at radius 2 is 1.66 bits per heavy atom. The summed E-state index contributed by atoms with van der Waals surface area (Å²) in [7, 11) is 0. The van der Waals surface area contributed by atoms with Gasteiger partial charge in [0.15, 0.2) is 0 Å². The minimum absolute atomic E-state index is 0.0879. The van der Waals surface area contributed by atoms with E-state index >= 15 is 0 Å². The van der Waals surface area contributed by atoms with E-state index in [1.54, 1.807) is 20.8 Å². The molecule has 8 nitrogen and oxygen atoms in total. The van der Waals surface area contributed by atoms with Crippen molar-refractivity contribution in [3.8, 4) is 0 Å². The van der Waals surface area contributed by atoms with E-state index in [1.165, 1.54) is 0 Å². The van der Waals surface area contributed by atoms with E-state index in [2.05, 4.69) is 20.6 Å². The summed E-state index contributed by atoms with van der Waals surface area (Å²) < 4.78 is 10.6. The Bertz CT molecular complexity index is 1080. The third-order valence-electron chi connectivity index (χ3n) is 4.43. The lowest BCUT2D eigenvalue weighted by molar-refractivity contribution is 0.0507. The first-order valence-electron chi connectivity index (χ1n) is 10.4. The minimum atomic E-state index is -0.604. The van der Waals surface area contributed by atoms with Crippen molar-refractivity contribution in [1.82, 2.24) is 20.6 Å². The summed E-state index contributed by atoms with van der Waals surface area (Å²) in [5, 5.41) is 6.30. The fourth-order valence-corrected chi connectivity index (χ4v) is 3.04. The predicted octanol–water partition coefficient (Wildman–Crippen LogP) is 4.64. The summed E-state index contributed by atoms with van der Waals surface area (Å²) in [4.78, 5) is 33.4. The quantitative estimate of drug-likeness (QED) is 0.583. The van der Waals surface area contributed by atoms with E-state index in [4.69, 9.17) is 9.47 Å². The van der Waals surface area contributed by atoms with Crippen molar-refractivity contribution in [1.29, 1.82) is 0 Å². The number of amides is 2. The number of para-hydroxylation sites is 1. The van der Waals surface area contributed by atoms with Crippen LogP contribution in [-0.4, -0.2) is 27.8 Å². The first-order chi connectivity index (χ1) is 15.2. The fraction of sp³-hybridized carbons (Fsp3) is 0.333. The SMILES string of the molecule is CC(NC(=O)OC(C)(C)C)c1nc(CNC(=O)OCc2ccccc2)nc2ccccc12. The summed E-state index contributed by atoms with van der Waals surface area (Å²) >= 11 is 0. The van der Waals surface area contributed by atoms with Crippen molar-refractivity contribution in [2.24, 2.45) is 0 Å². The zero-order chi connectivity index (χ0) is 23.1. The molecule has 0 aliphatic carbocycles. The molecule has 2 amide bonds. The molecule has 0 aliphatic rings. The van der Waals surface area contributed by atoms with Crippen LogP contribution in [0.2, 0.25) is 0 Å². The van der Waals surface area contributed by atoms with Gasteiger partial charge in [0.2, 0.25) is 0 Å². The van der Waals surface area contributed by atoms with Crippen LogP contribution in [0.5, 0.6) is 0 Å². The van der Waals surface area contributed by atoms with Crippen molar-refractivity contribution in [2.45, 2.75) is 52.5 Å². The molecule has 8 heteroatoms. The summed E-state index contributed by atoms with van der Waals surface area (Å²) in [6.07, 6.45) is -1.09. The number of fused-ring (bicyclic) bond motifs is 1. The smallest absolute Gasteiger partial charge is 0.408 e. The van der Waals surface area contributed by atoms with E-state index in [0.717, 1.165) is 10.9 Å². The maximum Gasteiger partial charge on any atom is 0.408 e. The van der Waals surface area contributed by atoms with Gasteiger partial charge in [0.1, 0.15) is 18.0 Å². The van der Waals surface area contributed by atoms with Crippen molar-refractivity contribution < 1.29 is 19.1 Å². The Morgan fingerprint density at radius 3 is 2.38 bits per heavy atom. The average Bonchev–Trinajstić information content (AvgIpc) is 2.75. The van der Waals surface area contributed by atoms with Crippen molar-refractivity contribution in [2.75, 3.05) is 0 Å². The van der Waals surface area contributed by atoms with Gasteiger partial charge in [-0.3, -0.25) is 0 Å². The van der Waals surface area contributed by atoms with E-state index in [1.807, 2.05) is 61.5 Å². The Balaban J connectivity index is 1.70. The number of rotatable bonds is 6. The van der Waals surface area contributed by atoms with Gasteiger partial charge in [-0.25, -0.2) is 19.6 Å². The van der Waals surface area contributed by atoms with Gasteiger partial charge >= 0.3 is 12.2 Å². The lowest BCUT2D eigenvalue weighted by atomic mass is 10.1. The number of alkyl carbamates (subject to hydrolysis) is 2. The number of nitrogens with one attached hydrogen (secondary N) is 2. The van der Waals surface area contributed by atoms with Gasteiger partial charge in [-0.1, -0.05) is 48.5 Å². The van der Waals surface area contributed by atoms with Crippen molar-refractivity contribution in [3.63, 3.8) is 0 Å². The van der Waals surface area contributed by atoms with Gasteiger partial charge in [0, 0.05) is 5.39 Å². The maximum absolute atomic E-state index is 12.2. The molecule has 1 aromatic heterocycles. The number of aromatic nitrogens is 2. The van der Waals surface area contributed by atoms with Gasteiger partial charge in [-0.15, -0.1) is 0 Å². The van der Waals surface area contributed by atoms with Crippen molar-refractivity contribution in [3.05, 3.63) is 71.7 Å². The zero-order valence-corrected chi connectivity index (χ0v) is 18.7. The maximum atomic E-state index is 12.2. The lowest BCUT2D eigenvalue weighted by Gasteiger charge is -2.22. The topological polar surface area (TPSA) is 102 Å². The van der Waals surface area contributed by atoms with Crippen LogP contribution in [0.1, 0.15) is 50.8 Å². The van der Waals surface area contributed by atoms with Gasteiger partial charge < -0.3 is 20.1 Å². The molecule has 0 fully saturated rings. The van der Waals surface area contributed by atoms with Crippen LogP contribution in [0.4, 0.5) is 9.59 Å². The van der Waals surface area contributed by atoms with Crippen LogP contribution >= 0.6 is 0 Å². The standard InChI is InChI=1S/C24H28N4O4/c1-16(26-23(30)32-24(2,3)4)21-18-12-8-9-13-19(18)27-20(28-21)14-25-22(29)31-15-17-10-6-5-7-11-17/h5-13,16H,14-15H2,1-4H3,(H,25,29)(H,26,30). The molecular formula is C24H28N4O4. The van der Waals surface area contributed by atoms with E-state index < -0.39 is 23.8 Å². The predicted molar refractivity (Wildman–Crippen MR) is 121 cm³/mol. The first kappa shape index (κ1) is 23.0. The van der Waals surface area contributed by atoms with Gasteiger partial charge in [-0.05, 0) is 39.3 Å². The molecule has 3 rings (SSSR count). The summed E-state index contributed by atoms with van der Waals surface area (Å²) in [5.41, 5.74) is 1.64. The van der Waals surface area contributed by atoms with E-state index in [-0.39, 0.29) is 13.2 Å². The molecule has 1 atom stereocenters. The number of hydrogen-bond acceptors (Lipinski definition) is 6. The molecular weight excluding hydrogens is 408 g/mol. The van der Waals surface area contributed by atoms with Crippen LogP contribution in [-0.2, 0) is 22.6 Å². The van der Waals surface area contributed by atoms with Crippen molar-refractivity contribution >= 4 is 23.1 Å². The molecule has 0 aliphatic heterocycles. The molecule has 168 valence electrons. The Morgan fingerprint density at radius 1 is 0.969 bits per heavy atom. The second-order valence-corrected chi connectivity index (χ2v) is 8.33. The molecule has 32 heavy (non-hydrogen) atoms. The molecule has 0 spiro atoms. The Labute approximate surface area is 187 Å². The molecule has 2 aromatic carbocycles. The van der Waals surface area contributed by atoms with Gasteiger partial charge in [-0.2, -0.15) is 0 Å². The van der Waals surface area contributed by atoms with Gasteiger partial charge in [0.05, 0.1) is 23.8 Å². The Kier molecular flexibility index (Phi) is 7.25. The lowest BCUT2D eigenvalue weighted by Crippen LogP contribution is -2.34. The summed E-state index contributed by atoms with van der Waals surface area (Å²) in [6, 6.07) is 16.5. The highest BCUT2D eigenvalue weighted by Crippen LogP contribution is 2.22. The zero-order valence-electron chi connectivity index (χ0n) is 18.7. The minimum Gasteiger partial charge on any atom is -0.445 e. The van der Waals surface area contributed by atoms with Crippen LogP contribution in [0.15, 0.2) is 54.6 Å². The highest BCUT2D eigenvalue weighted by atomic mass is 16.6. The first-order valence-corrected chi connectivity index (χ1v) is 10.4. The van der Waals surface area contributed by atoms with E-state index in [0.29, 0.717) is 17.0 Å². The second-order valence-electron chi connectivity index (χ2n) is 8.33. The normalized spacial score (nSPS) is 12.1. The largest absolute Gasteiger partial charge is 0.445 e. The highest BCUT2D eigenvalue weighted by molar-refractivity contribution is 5.82. The molecule has 0 bridgehead atoms.